The quantitative estimate of drug-likeness (QED) is 0.445. The number of hydrogen-bond donors (Lipinski definition) is 1. The monoisotopic (exact) mass is 542 g/mol. The molecule has 0 bridgehead atoms. The Morgan fingerprint density at radius 1 is 1.00 bits per heavy atom. The lowest BCUT2D eigenvalue weighted by Crippen LogP contribution is -2.44. The Balaban J connectivity index is 2.27. The summed E-state index contributed by atoms with van der Waals surface area (Å²) in [4.78, 5) is 7.25. The number of fused-ring (bicyclic) bond motifs is 1. The number of hydrogen-bond acceptors (Lipinski definition) is 3. The minimum absolute atomic E-state index is 0.884. The molecule has 0 aliphatic carbocycles. The van der Waals surface area contributed by atoms with Crippen molar-refractivity contribution >= 4 is 80.7 Å². The van der Waals surface area contributed by atoms with Crippen LogP contribution in [0.2, 0.25) is 0 Å². The molecule has 0 spiro atoms. The molecule has 1 fully saturated rings. The van der Waals surface area contributed by atoms with Crippen LogP contribution in [-0.4, -0.2) is 35.7 Å². The molecule has 3 rings (SSSR count). The first-order chi connectivity index (χ1) is 10.1. The van der Waals surface area contributed by atoms with Gasteiger partial charge >= 0.3 is 0 Å². The molecule has 1 aliphatic rings. The summed E-state index contributed by atoms with van der Waals surface area (Å²) in [6.45, 7) is 7.02. The second kappa shape index (κ2) is 6.47. The standard InChI is InChI=1S/C13H14Br4N4/c1-2-21-12-10(17)8(15)7(14)9(16)11(12)19-13(21)20-5-3-18-4-6-20/h18H,2-6H2,1H3. The fourth-order valence-electron chi connectivity index (χ4n) is 2.62. The molecule has 21 heavy (non-hydrogen) atoms. The van der Waals surface area contributed by atoms with Crippen molar-refractivity contribution in [2.45, 2.75) is 13.5 Å². The summed E-state index contributed by atoms with van der Waals surface area (Å²) in [5.41, 5.74) is 2.10. The number of nitrogens with zero attached hydrogens (tertiary/aromatic N) is 3. The van der Waals surface area contributed by atoms with Crippen molar-refractivity contribution in [3.8, 4) is 0 Å². The molecule has 1 aromatic heterocycles. The van der Waals surface area contributed by atoms with Gasteiger partial charge in [-0.15, -0.1) is 0 Å². The number of nitrogens with one attached hydrogen (secondary N) is 1. The van der Waals surface area contributed by atoms with Gasteiger partial charge < -0.3 is 14.8 Å². The third kappa shape index (κ3) is 2.71. The van der Waals surface area contributed by atoms with E-state index in [0.717, 1.165) is 67.6 Å². The van der Waals surface area contributed by atoms with Gasteiger partial charge in [0.1, 0.15) is 5.52 Å². The van der Waals surface area contributed by atoms with Crippen molar-refractivity contribution in [2.75, 3.05) is 31.1 Å². The summed E-state index contributed by atoms with van der Waals surface area (Å²) in [5.74, 6) is 1.04. The molecule has 0 saturated carbocycles. The van der Waals surface area contributed by atoms with Crippen LogP contribution in [0.1, 0.15) is 6.92 Å². The van der Waals surface area contributed by atoms with E-state index in [9.17, 15) is 0 Å². The summed E-state index contributed by atoms with van der Waals surface area (Å²) < 4.78 is 6.27. The van der Waals surface area contributed by atoms with Crippen molar-refractivity contribution in [1.82, 2.24) is 14.9 Å². The third-order valence-corrected chi connectivity index (χ3v) is 8.38. The summed E-state index contributed by atoms with van der Waals surface area (Å²) in [5, 5.41) is 3.38. The highest BCUT2D eigenvalue weighted by atomic mass is 79.9. The second-order valence-corrected chi connectivity index (χ2v) is 8.02. The van der Waals surface area contributed by atoms with Crippen LogP contribution in [-0.2, 0) is 6.54 Å². The molecular weight excluding hydrogens is 532 g/mol. The molecule has 0 atom stereocenters. The number of anilines is 1. The van der Waals surface area contributed by atoms with Gasteiger partial charge in [-0.05, 0) is 70.6 Å². The average Bonchev–Trinajstić information content (AvgIpc) is 2.91. The Hall–Kier alpha value is 0.370. The molecule has 2 aromatic rings. The van der Waals surface area contributed by atoms with Crippen molar-refractivity contribution in [3.63, 3.8) is 0 Å². The molecule has 1 aromatic carbocycles. The number of rotatable bonds is 2. The molecular formula is C13H14Br4N4. The molecule has 2 heterocycles. The first kappa shape index (κ1) is 16.2. The average molecular weight is 546 g/mol. The zero-order chi connectivity index (χ0) is 15.1. The molecule has 0 amide bonds. The van der Waals surface area contributed by atoms with E-state index in [1.54, 1.807) is 0 Å². The van der Waals surface area contributed by atoms with Crippen molar-refractivity contribution in [1.29, 1.82) is 0 Å². The fraction of sp³-hybridized carbons (Fsp3) is 0.462. The van der Waals surface area contributed by atoms with Crippen LogP contribution in [0.15, 0.2) is 17.9 Å². The van der Waals surface area contributed by atoms with E-state index < -0.39 is 0 Å². The van der Waals surface area contributed by atoms with Crippen LogP contribution < -0.4 is 10.2 Å². The van der Waals surface area contributed by atoms with Crippen LogP contribution in [0.25, 0.3) is 11.0 Å². The zero-order valence-electron chi connectivity index (χ0n) is 11.4. The molecule has 8 heteroatoms. The molecule has 0 unspecified atom stereocenters. The van der Waals surface area contributed by atoms with Gasteiger partial charge in [0.25, 0.3) is 0 Å². The van der Waals surface area contributed by atoms with Gasteiger partial charge in [0.2, 0.25) is 5.95 Å². The van der Waals surface area contributed by atoms with Crippen molar-refractivity contribution < 1.29 is 0 Å². The number of imidazole rings is 1. The van der Waals surface area contributed by atoms with E-state index in [4.69, 9.17) is 4.98 Å². The molecule has 4 nitrogen and oxygen atoms in total. The summed E-state index contributed by atoms with van der Waals surface area (Å²) in [6, 6.07) is 0. The van der Waals surface area contributed by atoms with Gasteiger partial charge in [-0.3, -0.25) is 0 Å². The highest BCUT2D eigenvalue weighted by molar-refractivity contribution is 9.15. The van der Waals surface area contributed by atoms with E-state index >= 15 is 0 Å². The zero-order valence-corrected chi connectivity index (χ0v) is 17.7. The molecule has 1 saturated heterocycles. The van der Waals surface area contributed by atoms with Gasteiger partial charge in [0.15, 0.2) is 0 Å². The van der Waals surface area contributed by atoms with Crippen LogP contribution in [0.4, 0.5) is 5.95 Å². The van der Waals surface area contributed by atoms with Crippen LogP contribution >= 0.6 is 63.7 Å². The van der Waals surface area contributed by atoms with Crippen molar-refractivity contribution in [2.24, 2.45) is 0 Å². The molecule has 1 N–H and O–H groups in total. The Morgan fingerprint density at radius 3 is 2.24 bits per heavy atom. The summed E-state index contributed by atoms with van der Waals surface area (Å²) in [6.07, 6.45) is 0. The van der Waals surface area contributed by atoms with E-state index in [1.165, 1.54) is 0 Å². The maximum atomic E-state index is 4.90. The normalized spacial score (nSPS) is 16.0. The lowest BCUT2D eigenvalue weighted by molar-refractivity contribution is 0.570. The first-order valence-electron chi connectivity index (χ1n) is 6.74. The summed E-state index contributed by atoms with van der Waals surface area (Å²) >= 11 is 14.6. The predicted molar refractivity (Wildman–Crippen MR) is 101 cm³/mol. The lowest BCUT2D eigenvalue weighted by Gasteiger charge is -2.28. The van der Waals surface area contributed by atoms with Crippen LogP contribution in [0.3, 0.4) is 0 Å². The van der Waals surface area contributed by atoms with E-state index in [-0.39, 0.29) is 0 Å². The minimum Gasteiger partial charge on any atom is -0.340 e. The van der Waals surface area contributed by atoms with Gasteiger partial charge in [-0.2, -0.15) is 0 Å². The Labute approximate surface area is 157 Å². The van der Waals surface area contributed by atoms with Gasteiger partial charge in [-0.25, -0.2) is 4.98 Å². The Morgan fingerprint density at radius 2 is 1.62 bits per heavy atom. The van der Waals surface area contributed by atoms with E-state index in [2.05, 4.69) is 85.4 Å². The lowest BCUT2D eigenvalue weighted by atomic mass is 10.3. The predicted octanol–water partition coefficient (Wildman–Crippen LogP) is 4.52. The number of aromatic nitrogens is 2. The minimum atomic E-state index is 0.884. The topological polar surface area (TPSA) is 33.1 Å². The molecule has 1 aliphatic heterocycles. The van der Waals surface area contributed by atoms with E-state index in [0.29, 0.717) is 0 Å². The largest absolute Gasteiger partial charge is 0.340 e. The first-order valence-corrected chi connectivity index (χ1v) is 9.91. The number of piperazine rings is 1. The fourth-order valence-corrected chi connectivity index (χ4v) is 5.00. The SMILES string of the molecule is CCn1c(N2CCNCC2)nc2c(Br)c(Br)c(Br)c(Br)c21. The van der Waals surface area contributed by atoms with Gasteiger partial charge in [-0.1, -0.05) is 0 Å². The van der Waals surface area contributed by atoms with E-state index in [1.807, 2.05) is 0 Å². The maximum absolute atomic E-state index is 4.90. The number of aryl methyl sites for hydroxylation is 1. The smallest absolute Gasteiger partial charge is 0.206 e. The molecule has 0 radical (unpaired) electrons. The summed E-state index contributed by atoms with van der Waals surface area (Å²) in [7, 11) is 0. The van der Waals surface area contributed by atoms with Crippen molar-refractivity contribution in [3.05, 3.63) is 17.9 Å². The van der Waals surface area contributed by atoms with Crippen LogP contribution in [0, 0.1) is 0 Å². The number of halogens is 4. The highest BCUT2D eigenvalue weighted by Gasteiger charge is 2.24. The third-order valence-electron chi connectivity index (χ3n) is 3.66. The van der Waals surface area contributed by atoms with Gasteiger partial charge in [0.05, 0.1) is 14.5 Å². The molecule has 114 valence electrons. The van der Waals surface area contributed by atoms with Crippen LogP contribution in [0.5, 0.6) is 0 Å². The highest BCUT2D eigenvalue weighted by Crippen LogP contribution is 2.44. The second-order valence-electron chi connectivity index (χ2n) is 4.85. The number of benzene rings is 1. The Kier molecular flexibility index (Phi) is 5.00. The maximum Gasteiger partial charge on any atom is 0.206 e. The Bertz CT molecular complexity index is 692. The van der Waals surface area contributed by atoms with Gasteiger partial charge in [0, 0.05) is 41.7 Å².